The molecular weight excluding hydrogens is 442 g/mol. The van der Waals surface area contributed by atoms with E-state index in [0.29, 0.717) is 0 Å². The van der Waals surface area contributed by atoms with Crippen molar-refractivity contribution < 1.29 is 4.74 Å². The molecule has 6 rings (SSSR count). The monoisotopic (exact) mass is 469 g/mol. The number of thiophene rings is 1. The predicted molar refractivity (Wildman–Crippen MR) is 131 cm³/mol. The summed E-state index contributed by atoms with van der Waals surface area (Å²) >= 11 is 8.12. The zero-order valence-corrected chi connectivity index (χ0v) is 19.8. The quantitative estimate of drug-likeness (QED) is 0.575. The van der Waals surface area contributed by atoms with Crippen LogP contribution in [0.25, 0.3) is 10.2 Å². The summed E-state index contributed by atoms with van der Waals surface area (Å²) in [6, 6.07) is 8.18. The number of rotatable bonds is 4. The molecule has 3 aromatic rings. The van der Waals surface area contributed by atoms with Crippen LogP contribution >= 0.6 is 22.9 Å². The van der Waals surface area contributed by atoms with E-state index in [0.717, 1.165) is 82.1 Å². The van der Waals surface area contributed by atoms with Crippen molar-refractivity contribution in [3.8, 4) is 0 Å². The molecule has 6 nitrogen and oxygen atoms in total. The molecule has 2 fully saturated rings. The lowest BCUT2D eigenvalue weighted by Crippen LogP contribution is -2.47. The van der Waals surface area contributed by atoms with Crippen LogP contribution in [0, 0.1) is 0 Å². The highest BCUT2D eigenvalue weighted by Crippen LogP contribution is 2.41. The Kier molecular flexibility index (Phi) is 5.67. The summed E-state index contributed by atoms with van der Waals surface area (Å²) in [5.41, 5.74) is 2.71. The molecule has 168 valence electrons. The van der Waals surface area contributed by atoms with Crippen molar-refractivity contribution in [2.24, 2.45) is 0 Å². The number of hydrogen-bond donors (Lipinski definition) is 0. The topological polar surface area (TPSA) is 44.7 Å². The fraction of sp³-hybridized carbons (Fsp3) is 0.500. The van der Waals surface area contributed by atoms with Gasteiger partial charge in [0.15, 0.2) is 0 Å². The lowest BCUT2D eigenvalue weighted by Gasteiger charge is -2.37. The highest BCUT2D eigenvalue weighted by Gasteiger charge is 2.27. The third-order valence-electron chi connectivity index (χ3n) is 6.81. The van der Waals surface area contributed by atoms with Gasteiger partial charge < -0.3 is 14.5 Å². The Balaban J connectivity index is 1.29. The summed E-state index contributed by atoms with van der Waals surface area (Å²) in [6.45, 7) is 8.17. The van der Waals surface area contributed by atoms with E-state index in [-0.39, 0.29) is 0 Å². The van der Waals surface area contributed by atoms with Gasteiger partial charge in [-0.2, -0.15) is 0 Å². The molecule has 4 heterocycles. The number of anilines is 2. The van der Waals surface area contributed by atoms with Gasteiger partial charge in [-0.25, -0.2) is 9.97 Å². The maximum atomic E-state index is 6.23. The molecule has 1 aromatic carbocycles. The number of piperazine rings is 1. The number of aryl methyl sites for hydroxylation is 2. The van der Waals surface area contributed by atoms with Crippen molar-refractivity contribution in [3.05, 3.63) is 45.6 Å². The van der Waals surface area contributed by atoms with Gasteiger partial charge in [0.1, 0.15) is 16.5 Å². The molecule has 0 N–H and O–H groups in total. The Hall–Kier alpha value is -1.93. The van der Waals surface area contributed by atoms with Crippen LogP contribution in [0.1, 0.15) is 22.7 Å². The highest BCUT2D eigenvalue weighted by molar-refractivity contribution is 7.19. The first-order chi connectivity index (χ1) is 15.7. The first kappa shape index (κ1) is 20.7. The van der Waals surface area contributed by atoms with Crippen LogP contribution < -0.4 is 9.80 Å². The molecule has 8 heteroatoms. The van der Waals surface area contributed by atoms with Gasteiger partial charge >= 0.3 is 0 Å². The molecule has 0 saturated carbocycles. The first-order valence-corrected chi connectivity index (χ1v) is 12.8. The standard InChI is InChI=1S/C24H28ClN5OS/c25-17-3-1-4-18(15-17)29-7-9-30(10-8-29)23-22-19-5-2-6-20(19)32-24(22)27-21(26-23)16-28-11-13-31-14-12-28/h1,3-4,15H,2,5-14,16H2. The van der Waals surface area contributed by atoms with Crippen LogP contribution in [0.15, 0.2) is 24.3 Å². The van der Waals surface area contributed by atoms with E-state index in [4.69, 9.17) is 26.3 Å². The molecule has 2 saturated heterocycles. The number of hydrogen-bond acceptors (Lipinski definition) is 7. The lowest BCUT2D eigenvalue weighted by atomic mass is 10.1. The molecule has 0 unspecified atom stereocenters. The molecule has 32 heavy (non-hydrogen) atoms. The van der Waals surface area contributed by atoms with E-state index in [1.54, 1.807) is 0 Å². The lowest BCUT2D eigenvalue weighted by molar-refractivity contribution is 0.0331. The van der Waals surface area contributed by atoms with Crippen LogP contribution in [0.2, 0.25) is 5.02 Å². The van der Waals surface area contributed by atoms with Gasteiger partial charge in [-0.1, -0.05) is 17.7 Å². The van der Waals surface area contributed by atoms with Crippen LogP contribution in [-0.2, 0) is 24.1 Å². The van der Waals surface area contributed by atoms with Crippen molar-refractivity contribution in [1.82, 2.24) is 14.9 Å². The molecule has 0 radical (unpaired) electrons. The zero-order chi connectivity index (χ0) is 21.5. The SMILES string of the molecule is Clc1cccc(N2CCN(c3nc(CN4CCOCC4)nc4sc5c(c34)CCC5)CC2)c1. The molecule has 3 aliphatic rings. The van der Waals surface area contributed by atoms with E-state index < -0.39 is 0 Å². The van der Waals surface area contributed by atoms with Gasteiger partial charge in [-0.05, 0) is 43.0 Å². The summed E-state index contributed by atoms with van der Waals surface area (Å²) in [5, 5.41) is 2.12. The number of morpholine rings is 1. The average Bonchev–Trinajstić information content (AvgIpc) is 3.41. The molecule has 1 aliphatic carbocycles. The third kappa shape index (κ3) is 3.96. The van der Waals surface area contributed by atoms with Gasteiger partial charge in [-0.15, -0.1) is 11.3 Å². The average molecular weight is 470 g/mol. The van der Waals surface area contributed by atoms with Crippen molar-refractivity contribution in [1.29, 1.82) is 0 Å². The van der Waals surface area contributed by atoms with Crippen LogP contribution in [0.3, 0.4) is 0 Å². The Morgan fingerprint density at radius 2 is 1.78 bits per heavy atom. The van der Waals surface area contributed by atoms with Crippen LogP contribution in [0.4, 0.5) is 11.5 Å². The Morgan fingerprint density at radius 1 is 0.969 bits per heavy atom. The van der Waals surface area contributed by atoms with Gasteiger partial charge in [-0.3, -0.25) is 4.90 Å². The zero-order valence-electron chi connectivity index (χ0n) is 18.2. The summed E-state index contributed by atoms with van der Waals surface area (Å²) in [4.78, 5) is 20.2. The predicted octanol–water partition coefficient (Wildman–Crippen LogP) is 3.99. The van der Waals surface area contributed by atoms with E-state index in [1.807, 2.05) is 23.5 Å². The van der Waals surface area contributed by atoms with Crippen molar-refractivity contribution in [2.45, 2.75) is 25.8 Å². The van der Waals surface area contributed by atoms with Gasteiger partial charge in [0, 0.05) is 54.9 Å². The van der Waals surface area contributed by atoms with Crippen molar-refractivity contribution in [2.75, 3.05) is 62.3 Å². The fourth-order valence-electron chi connectivity index (χ4n) is 5.13. The number of halogens is 1. The Bertz CT molecular complexity index is 1120. The Morgan fingerprint density at radius 3 is 2.59 bits per heavy atom. The molecule has 0 bridgehead atoms. The number of nitrogens with zero attached hydrogens (tertiary/aromatic N) is 5. The van der Waals surface area contributed by atoms with E-state index in [9.17, 15) is 0 Å². The maximum absolute atomic E-state index is 6.23. The van der Waals surface area contributed by atoms with Gasteiger partial charge in [0.05, 0.1) is 25.1 Å². The largest absolute Gasteiger partial charge is 0.379 e. The molecule has 0 spiro atoms. The Labute approximate surface area is 197 Å². The van der Waals surface area contributed by atoms with Crippen LogP contribution in [-0.4, -0.2) is 67.4 Å². The van der Waals surface area contributed by atoms with Crippen molar-refractivity contribution >= 4 is 44.7 Å². The molecule has 2 aliphatic heterocycles. The number of fused-ring (bicyclic) bond motifs is 3. The normalized spacial score (nSPS) is 19.7. The van der Waals surface area contributed by atoms with E-state index in [1.165, 1.54) is 39.2 Å². The fourth-order valence-corrected chi connectivity index (χ4v) is 6.59. The smallest absolute Gasteiger partial charge is 0.146 e. The second-order valence-electron chi connectivity index (χ2n) is 8.84. The third-order valence-corrected chi connectivity index (χ3v) is 8.23. The summed E-state index contributed by atoms with van der Waals surface area (Å²) in [5.74, 6) is 2.11. The van der Waals surface area contributed by atoms with E-state index in [2.05, 4.69) is 26.8 Å². The molecule has 2 aromatic heterocycles. The molecular formula is C24H28ClN5OS. The summed E-state index contributed by atoms with van der Waals surface area (Å²) < 4.78 is 5.52. The molecule has 0 atom stereocenters. The van der Waals surface area contributed by atoms with Gasteiger partial charge in [0.2, 0.25) is 0 Å². The highest BCUT2D eigenvalue weighted by atomic mass is 35.5. The molecule has 0 amide bonds. The summed E-state index contributed by atoms with van der Waals surface area (Å²) in [6.07, 6.45) is 3.61. The van der Waals surface area contributed by atoms with Crippen LogP contribution in [0.5, 0.6) is 0 Å². The summed E-state index contributed by atoms with van der Waals surface area (Å²) in [7, 11) is 0. The minimum absolute atomic E-state index is 0.795. The number of ether oxygens (including phenoxy) is 1. The maximum Gasteiger partial charge on any atom is 0.146 e. The van der Waals surface area contributed by atoms with Gasteiger partial charge in [0.25, 0.3) is 0 Å². The minimum atomic E-state index is 0.795. The second kappa shape index (κ2) is 8.78. The van der Waals surface area contributed by atoms with Crippen molar-refractivity contribution in [3.63, 3.8) is 0 Å². The second-order valence-corrected chi connectivity index (χ2v) is 10.4. The number of aromatic nitrogens is 2. The number of benzene rings is 1. The minimum Gasteiger partial charge on any atom is -0.379 e. The van der Waals surface area contributed by atoms with E-state index >= 15 is 0 Å². The first-order valence-electron chi connectivity index (χ1n) is 11.6.